The highest BCUT2D eigenvalue weighted by Crippen LogP contribution is 2.45. The Morgan fingerprint density at radius 3 is 2.44 bits per heavy atom. The molecule has 2 aromatic carbocycles. The largest absolute Gasteiger partial charge is 0.756 e. The van der Waals surface area contributed by atoms with Crippen LogP contribution in [-0.2, 0) is 15.5 Å². The monoisotopic (exact) mass is 464 g/mol. The molecule has 0 saturated carbocycles. The smallest absolute Gasteiger partial charge is 0.268 e. The predicted octanol–water partition coefficient (Wildman–Crippen LogP) is 5.89. The second-order valence-corrected chi connectivity index (χ2v) is 9.46. The van der Waals surface area contributed by atoms with Crippen molar-refractivity contribution in [2.24, 2.45) is 0 Å². The number of ether oxygens (including phenoxy) is 1. The van der Waals surface area contributed by atoms with E-state index in [4.69, 9.17) is 14.2 Å². The van der Waals surface area contributed by atoms with Gasteiger partial charge in [0.05, 0.1) is 5.56 Å². The summed E-state index contributed by atoms with van der Waals surface area (Å²) < 4.78 is 22.0. The zero-order chi connectivity index (χ0) is 23.4. The number of phosphoric ester groups is 1. The summed E-state index contributed by atoms with van der Waals surface area (Å²) in [7, 11) is -5.04. The average Bonchev–Trinajstić information content (AvgIpc) is 2.58. The van der Waals surface area contributed by atoms with E-state index < -0.39 is 13.6 Å². The van der Waals surface area contributed by atoms with Crippen LogP contribution in [0.5, 0.6) is 11.5 Å². The van der Waals surface area contributed by atoms with Gasteiger partial charge < -0.3 is 25.8 Å². The summed E-state index contributed by atoms with van der Waals surface area (Å²) in [6.45, 7) is 12.7. The predicted molar refractivity (Wildman–Crippen MR) is 127 cm³/mol. The van der Waals surface area contributed by atoms with E-state index in [1.807, 2.05) is 32.0 Å². The lowest BCUT2D eigenvalue weighted by Crippen LogP contribution is -2.32. The first kappa shape index (κ1) is 27.9. The van der Waals surface area contributed by atoms with Crippen LogP contribution in [0.25, 0.3) is 16.7 Å². The summed E-state index contributed by atoms with van der Waals surface area (Å²) in [5.74, 6) is -1.41. The number of aryl methyl sites for hydroxylation is 2. The summed E-state index contributed by atoms with van der Waals surface area (Å²) in [6, 6.07) is 9.29. The Kier molecular flexibility index (Phi) is 9.69. The molecule has 0 aliphatic rings. The summed E-state index contributed by atoms with van der Waals surface area (Å²) in [5.41, 5.74) is 4.61. The van der Waals surface area contributed by atoms with Crippen LogP contribution in [0.1, 0.15) is 63.6 Å². The van der Waals surface area contributed by atoms with Gasteiger partial charge in [-0.3, -0.25) is 9.09 Å². The van der Waals surface area contributed by atoms with Crippen molar-refractivity contribution >= 4 is 13.4 Å². The topological polar surface area (TPSA) is 134 Å². The van der Waals surface area contributed by atoms with Crippen LogP contribution in [0, 0.1) is 6.92 Å². The van der Waals surface area contributed by atoms with Crippen LogP contribution < -0.4 is 15.8 Å². The lowest BCUT2D eigenvalue weighted by molar-refractivity contribution is -0.244. The molecule has 0 heterocycles. The molecule has 0 bridgehead atoms. The number of aromatic hydroxyl groups is 1. The molecule has 0 spiro atoms. The molecule has 0 aromatic heterocycles. The Morgan fingerprint density at radius 1 is 1.22 bits per heavy atom. The third kappa shape index (κ3) is 7.76. The van der Waals surface area contributed by atoms with Crippen molar-refractivity contribution in [1.82, 2.24) is 6.15 Å². The fraction of sp³-hybridized carbons (Fsp3) is 0.417. The number of rotatable bonds is 10. The van der Waals surface area contributed by atoms with E-state index in [0.29, 0.717) is 11.1 Å². The molecule has 2 rings (SSSR count). The Labute approximate surface area is 190 Å². The molecule has 7 nitrogen and oxygen atoms in total. The molecule has 0 aliphatic heterocycles. The van der Waals surface area contributed by atoms with Crippen molar-refractivity contribution in [1.29, 1.82) is 0 Å². The van der Waals surface area contributed by atoms with E-state index in [0.717, 1.165) is 47.9 Å². The van der Waals surface area contributed by atoms with Gasteiger partial charge in [0.25, 0.3) is 7.82 Å². The number of benzene rings is 2. The van der Waals surface area contributed by atoms with Crippen molar-refractivity contribution < 1.29 is 28.7 Å². The van der Waals surface area contributed by atoms with Crippen molar-refractivity contribution in [2.75, 3.05) is 0 Å². The zero-order valence-corrected chi connectivity index (χ0v) is 20.5. The molecular weight excluding hydrogens is 429 g/mol. The van der Waals surface area contributed by atoms with Crippen molar-refractivity contribution in [2.45, 2.75) is 66.1 Å². The molecule has 8 heteroatoms. The molecule has 1 atom stereocenters. The van der Waals surface area contributed by atoms with Gasteiger partial charge in [0.1, 0.15) is 11.5 Å². The molecule has 2 aromatic rings. The van der Waals surface area contributed by atoms with Crippen LogP contribution in [0.4, 0.5) is 0 Å². The van der Waals surface area contributed by atoms with Gasteiger partial charge in [0, 0.05) is 13.8 Å². The maximum absolute atomic E-state index is 11.3. The fourth-order valence-electron chi connectivity index (χ4n) is 3.53. The summed E-state index contributed by atoms with van der Waals surface area (Å²) in [5, 5.41) is 11.0. The molecule has 178 valence electrons. The fourth-order valence-corrected chi connectivity index (χ4v) is 4.12. The highest BCUT2D eigenvalue weighted by atomic mass is 31.2. The molecule has 0 saturated heterocycles. The standard InChI is InChI=1S/C24H33O6P.H3N/c1-7-8-9-10-18-14-21(25)23(20-13-17(4)11-12-19(20)16(2)3)22(15-18)29-24(5,6)30-31(26,27)28;/h11-15,25H,2,7-10H2,1,3-6H3,(H2,26,27,28);1H3/p-1. The average molecular weight is 465 g/mol. The van der Waals surface area contributed by atoms with Crippen LogP contribution in [-0.4, -0.2) is 15.8 Å². The lowest BCUT2D eigenvalue weighted by atomic mass is 9.91. The number of phosphoric acid groups is 1. The third-order valence-electron chi connectivity index (χ3n) is 4.81. The van der Waals surface area contributed by atoms with E-state index in [9.17, 15) is 14.6 Å². The number of allylic oxidation sites excluding steroid dienone is 1. The first-order chi connectivity index (χ1) is 14.3. The lowest BCUT2D eigenvalue weighted by Gasteiger charge is -2.32. The van der Waals surface area contributed by atoms with E-state index in [2.05, 4.69) is 13.5 Å². The number of phenolic OH excluding ortho intramolecular Hbond substituents is 1. The minimum absolute atomic E-state index is 0. The number of hydrogen-bond donors (Lipinski definition) is 3. The Morgan fingerprint density at radius 2 is 1.88 bits per heavy atom. The Hall–Kier alpha value is -2.15. The van der Waals surface area contributed by atoms with E-state index in [1.54, 1.807) is 12.1 Å². The molecule has 0 aliphatic carbocycles. The maximum Gasteiger partial charge on any atom is 0.268 e. The van der Waals surface area contributed by atoms with Gasteiger partial charge in [-0.25, -0.2) is 0 Å². The second kappa shape index (κ2) is 11.1. The van der Waals surface area contributed by atoms with Crippen LogP contribution in [0.2, 0.25) is 0 Å². The SMILES string of the molecule is C=C(C)c1ccc(C)cc1-c1c(O)cc(CCCCC)cc1OC(C)(C)OP(=O)([O-])O.N. The molecular formula is C24H35NO6P-. The minimum atomic E-state index is -5.04. The molecule has 0 amide bonds. The highest BCUT2D eigenvalue weighted by Gasteiger charge is 2.28. The number of phenols is 1. The van der Waals surface area contributed by atoms with Gasteiger partial charge in [-0.1, -0.05) is 55.7 Å². The van der Waals surface area contributed by atoms with Gasteiger partial charge in [-0.05, 0) is 55.5 Å². The minimum Gasteiger partial charge on any atom is -0.756 e. The van der Waals surface area contributed by atoms with Gasteiger partial charge >= 0.3 is 0 Å². The van der Waals surface area contributed by atoms with Gasteiger partial charge in [0.2, 0.25) is 5.79 Å². The van der Waals surface area contributed by atoms with Crippen molar-refractivity contribution in [3.63, 3.8) is 0 Å². The van der Waals surface area contributed by atoms with Crippen molar-refractivity contribution in [3.05, 3.63) is 53.6 Å². The van der Waals surface area contributed by atoms with E-state index in [-0.39, 0.29) is 17.6 Å². The molecule has 0 radical (unpaired) electrons. The number of hydrogen-bond acceptors (Lipinski definition) is 6. The van der Waals surface area contributed by atoms with Gasteiger partial charge in [-0.2, -0.15) is 0 Å². The van der Waals surface area contributed by atoms with E-state index >= 15 is 0 Å². The zero-order valence-electron chi connectivity index (χ0n) is 19.6. The summed E-state index contributed by atoms with van der Waals surface area (Å²) in [6.07, 6.45) is 3.80. The van der Waals surface area contributed by atoms with E-state index in [1.165, 1.54) is 13.8 Å². The summed E-state index contributed by atoms with van der Waals surface area (Å²) >= 11 is 0. The van der Waals surface area contributed by atoms with Gasteiger partial charge in [-0.15, -0.1) is 0 Å². The van der Waals surface area contributed by atoms with Crippen LogP contribution >= 0.6 is 7.82 Å². The first-order valence-corrected chi connectivity index (χ1v) is 11.9. The second-order valence-electron chi connectivity index (χ2n) is 8.34. The Bertz CT molecular complexity index is 996. The molecule has 0 fully saturated rings. The van der Waals surface area contributed by atoms with Crippen molar-refractivity contribution in [3.8, 4) is 22.6 Å². The van der Waals surface area contributed by atoms with Crippen LogP contribution in [0.15, 0.2) is 36.9 Å². The first-order valence-electron chi connectivity index (χ1n) is 10.4. The quantitative estimate of drug-likeness (QED) is 0.227. The molecule has 1 unspecified atom stereocenters. The molecule has 5 N–H and O–H groups in total. The Balaban J connectivity index is 0.00000512. The molecule has 32 heavy (non-hydrogen) atoms. The van der Waals surface area contributed by atoms with Crippen LogP contribution in [0.3, 0.4) is 0 Å². The maximum atomic E-state index is 11.3. The highest BCUT2D eigenvalue weighted by molar-refractivity contribution is 7.44. The summed E-state index contributed by atoms with van der Waals surface area (Å²) in [4.78, 5) is 20.5. The van der Waals surface area contributed by atoms with Gasteiger partial charge in [0.15, 0.2) is 0 Å². The number of unbranched alkanes of at least 4 members (excludes halogenated alkanes) is 2. The normalized spacial score (nSPS) is 13.2. The third-order valence-corrected chi connectivity index (χ3v) is 5.48.